The smallest absolute Gasteiger partial charge is 0.112 e. The minimum atomic E-state index is -0.0533. The summed E-state index contributed by atoms with van der Waals surface area (Å²) in [5, 5.41) is 3.21. The second kappa shape index (κ2) is 3.65. The van der Waals surface area contributed by atoms with E-state index in [1.54, 1.807) is 18.3 Å². The van der Waals surface area contributed by atoms with Crippen LogP contribution in [0.1, 0.15) is 13.2 Å². The Morgan fingerprint density at radius 1 is 1.67 bits per heavy atom. The molecule has 0 bridgehead atoms. The van der Waals surface area contributed by atoms with Crippen molar-refractivity contribution in [3.05, 3.63) is 30.1 Å². The van der Waals surface area contributed by atoms with Gasteiger partial charge in [-0.2, -0.15) is 0 Å². The SMILES string of the molecule is [2H]c1cccnc1C1CNCCO1. The minimum absolute atomic E-state index is 0.0533. The molecular weight excluding hydrogens is 152 g/mol. The van der Waals surface area contributed by atoms with Crippen LogP contribution in [0.2, 0.25) is 0 Å². The average molecular weight is 165 g/mol. The van der Waals surface area contributed by atoms with Crippen molar-refractivity contribution in [3.63, 3.8) is 0 Å². The number of nitrogens with zero attached hydrogens (tertiary/aromatic N) is 1. The zero-order valence-electron chi connectivity index (χ0n) is 7.79. The van der Waals surface area contributed by atoms with E-state index >= 15 is 0 Å². The topological polar surface area (TPSA) is 34.2 Å². The van der Waals surface area contributed by atoms with E-state index in [4.69, 9.17) is 6.11 Å². The summed E-state index contributed by atoms with van der Waals surface area (Å²) in [6.07, 6.45) is 1.65. The van der Waals surface area contributed by atoms with Crippen molar-refractivity contribution in [3.8, 4) is 0 Å². The summed E-state index contributed by atoms with van der Waals surface area (Å²) in [6.45, 7) is 2.33. The van der Waals surface area contributed by atoms with E-state index in [-0.39, 0.29) is 6.10 Å². The molecule has 0 aromatic carbocycles. The Morgan fingerprint density at radius 3 is 3.42 bits per heavy atom. The number of hydrogen-bond donors (Lipinski definition) is 1. The first-order valence-corrected chi connectivity index (χ1v) is 4.12. The van der Waals surface area contributed by atoms with Crippen LogP contribution in [0.4, 0.5) is 0 Å². The molecular formula is C9H12N2O. The fourth-order valence-corrected chi connectivity index (χ4v) is 1.25. The third-order valence-electron chi connectivity index (χ3n) is 1.86. The van der Waals surface area contributed by atoms with Gasteiger partial charge in [-0.3, -0.25) is 4.98 Å². The first-order valence-electron chi connectivity index (χ1n) is 4.62. The molecule has 3 nitrogen and oxygen atoms in total. The maximum atomic E-state index is 7.64. The third kappa shape index (κ3) is 1.62. The number of hydrogen-bond acceptors (Lipinski definition) is 3. The molecule has 1 fully saturated rings. The van der Waals surface area contributed by atoms with Gasteiger partial charge in [0.15, 0.2) is 0 Å². The fraction of sp³-hybridized carbons (Fsp3) is 0.444. The molecule has 1 aromatic rings. The molecule has 1 unspecified atom stereocenters. The molecule has 0 amide bonds. The second-order valence-electron chi connectivity index (χ2n) is 2.73. The van der Waals surface area contributed by atoms with Crippen LogP contribution in [0.25, 0.3) is 0 Å². The maximum Gasteiger partial charge on any atom is 0.112 e. The number of nitrogens with one attached hydrogen (secondary N) is 1. The van der Waals surface area contributed by atoms with Gasteiger partial charge in [-0.15, -0.1) is 0 Å². The summed E-state index contributed by atoms with van der Waals surface area (Å²) < 4.78 is 13.1. The Bertz CT molecular complexity index is 287. The van der Waals surface area contributed by atoms with Crippen LogP contribution in [-0.2, 0) is 4.74 Å². The van der Waals surface area contributed by atoms with E-state index in [9.17, 15) is 0 Å². The summed E-state index contributed by atoms with van der Waals surface area (Å²) >= 11 is 0. The summed E-state index contributed by atoms with van der Waals surface area (Å²) in [4.78, 5) is 4.15. The quantitative estimate of drug-likeness (QED) is 0.666. The van der Waals surface area contributed by atoms with Gasteiger partial charge < -0.3 is 10.1 Å². The second-order valence-corrected chi connectivity index (χ2v) is 2.73. The maximum absolute atomic E-state index is 7.64. The van der Waals surface area contributed by atoms with E-state index in [1.165, 1.54) is 0 Å². The molecule has 1 saturated heterocycles. The monoisotopic (exact) mass is 165 g/mol. The lowest BCUT2D eigenvalue weighted by Gasteiger charge is -2.22. The van der Waals surface area contributed by atoms with Crippen LogP contribution in [-0.4, -0.2) is 24.7 Å². The Hall–Kier alpha value is -0.930. The highest BCUT2D eigenvalue weighted by Gasteiger charge is 2.15. The molecule has 1 atom stereocenters. The molecule has 1 N–H and O–H groups in total. The predicted octanol–water partition coefficient (Wildman–Crippen LogP) is 0.742. The Labute approximate surface area is 73.2 Å². The zero-order valence-corrected chi connectivity index (χ0v) is 6.79. The zero-order chi connectivity index (χ0) is 9.10. The van der Waals surface area contributed by atoms with E-state index in [0.717, 1.165) is 18.8 Å². The van der Waals surface area contributed by atoms with E-state index in [1.807, 2.05) is 0 Å². The molecule has 2 heterocycles. The highest BCUT2D eigenvalue weighted by molar-refractivity contribution is 5.07. The lowest BCUT2D eigenvalue weighted by atomic mass is 10.2. The number of morpholine rings is 1. The normalized spacial score (nSPS) is 25.0. The molecule has 2 rings (SSSR count). The molecule has 1 aliphatic rings. The molecule has 3 heteroatoms. The van der Waals surface area contributed by atoms with Crippen LogP contribution in [0, 0.1) is 0 Å². The molecule has 0 aliphatic carbocycles. The molecule has 12 heavy (non-hydrogen) atoms. The van der Waals surface area contributed by atoms with Crippen LogP contribution in [0.15, 0.2) is 24.4 Å². The average Bonchev–Trinajstić information content (AvgIpc) is 2.20. The predicted molar refractivity (Wildman–Crippen MR) is 45.8 cm³/mol. The van der Waals surface area contributed by atoms with Gasteiger partial charge in [0.25, 0.3) is 0 Å². The number of aromatic nitrogens is 1. The number of pyridine rings is 1. The summed E-state index contributed by atoms with van der Waals surface area (Å²) in [5.74, 6) is 0. The third-order valence-corrected chi connectivity index (χ3v) is 1.86. The van der Waals surface area contributed by atoms with Crippen molar-refractivity contribution >= 4 is 0 Å². The number of rotatable bonds is 1. The van der Waals surface area contributed by atoms with Gasteiger partial charge in [-0.1, -0.05) is 6.07 Å². The molecule has 0 spiro atoms. The van der Waals surface area contributed by atoms with Crippen molar-refractivity contribution in [2.24, 2.45) is 0 Å². The summed E-state index contributed by atoms with van der Waals surface area (Å²) in [5.41, 5.74) is 0.731. The summed E-state index contributed by atoms with van der Waals surface area (Å²) in [7, 11) is 0. The first-order chi connectivity index (χ1) is 6.38. The van der Waals surface area contributed by atoms with Gasteiger partial charge >= 0.3 is 0 Å². The highest BCUT2D eigenvalue weighted by atomic mass is 16.5. The molecule has 0 saturated carbocycles. The van der Waals surface area contributed by atoms with Crippen molar-refractivity contribution in [1.82, 2.24) is 10.3 Å². The first kappa shape index (κ1) is 6.57. The van der Waals surface area contributed by atoms with Gasteiger partial charge in [0.05, 0.1) is 13.7 Å². The Balaban J connectivity index is 2.18. The van der Waals surface area contributed by atoms with Gasteiger partial charge in [0, 0.05) is 19.3 Å². The molecule has 1 aromatic heterocycles. The van der Waals surface area contributed by atoms with Crippen LogP contribution in [0.5, 0.6) is 0 Å². The molecule has 64 valence electrons. The van der Waals surface area contributed by atoms with Crippen LogP contribution in [0.3, 0.4) is 0 Å². The van der Waals surface area contributed by atoms with Gasteiger partial charge in [-0.25, -0.2) is 0 Å². The lowest BCUT2D eigenvalue weighted by Crippen LogP contribution is -2.33. The summed E-state index contributed by atoms with van der Waals surface area (Å²) in [6, 6.07) is 3.96. The van der Waals surface area contributed by atoms with Crippen molar-refractivity contribution < 1.29 is 6.11 Å². The van der Waals surface area contributed by atoms with Gasteiger partial charge in [0.1, 0.15) is 6.10 Å². The van der Waals surface area contributed by atoms with Crippen molar-refractivity contribution in [2.75, 3.05) is 19.7 Å². The van der Waals surface area contributed by atoms with Gasteiger partial charge in [-0.05, 0) is 12.1 Å². The molecule has 1 aliphatic heterocycles. The Kier molecular flexibility index (Phi) is 2.00. The largest absolute Gasteiger partial charge is 0.369 e. The lowest BCUT2D eigenvalue weighted by molar-refractivity contribution is 0.0250. The van der Waals surface area contributed by atoms with Crippen LogP contribution < -0.4 is 5.32 Å². The highest BCUT2D eigenvalue weighted by Crippen LogP contribution is 2.14. The van der Waals surface area contributed by atoms with Crippen molar-refractivity contribution in [1.29, 1.82) is 0 Å². The van der Waals surface area contributed by atoms with Crippen LogP contribution >= 0.6 is 0 Å². The number of ether oxygens (including phenoxy) is 1. The van der Waals surface area contributed by atoms with Gasteiger partial charge in [0.2, 0.25) is 0 Å². The van der Waals surface area contributed by atoms with E-state index < -0.39 is 0 Å². The minimum Gasteiger partial charge on any atom is -0.369 e. The molecule has 0 radical (unpaired) electrons. The standard InChI is InChI=1S/C9H12N2O/c1-2-4-11-8(3-1)9-7-10-5-6-12-9/h1-4,9-10H,5-7H2/i3D. The Morgan fingerprint density at radius 2 is 2.67 bits per heavy atom. The van der Waals surface area contributed by atoms with E-state index in [2.05, 4.69) is 10.3 Å². The van der Waals surface area contributed by atoms with E-state index in [0.29, 0.717) is 12.6 Å². The van der Waals surface area contributed by atoms with Crippen molar-refractivity contribution in [2.45, 2.75) is 6.10 Å². The fourth-order valence-electron chi connectivity index (χ4n) is 1.25.